The summed E-state index contributed by atoms with van der Waals surface area (Å²) < 4.78 is 0. The van der Waals surface area contributed by atoms with Crippen molar-refractivity contribution in [3.8, 4) is 0 Å². The van der Waals surface area contributed by atoms with Crippen LogP contribution in [0, 0.1) is 0 Å². The van der Waals surface area contributed by atoms with Crippen LogP contribution in [0.2, 0.25) is 5.32 Å². The van der Waals surface area contributed by atoms with E-state index in [0.29, 0.717) is 4.81 Å². The molecule has 0 unspecified atom stereocenters. The van der Waals surface area contributed by atoms with Crippen LogP contribution < -0.4 is 0 Å². The van der Waals surface area contributed by atoms with Crippen LogP contribution in [0.25, 0.3) is 0 Å². The van der Waals surface area contributed by atoms with Crippen molar-refractivity contribution in [3.63, 3.8) is 0 Å². The van der Waals surface area contributed by atoms with Gasteiger partial charge < -0.3 is 0 Å². The van der Waals surface area contributed by atoms with E-state index in [1.54, 1.807) is 0 Å². The normalized spacial score (nSPS) is 20.1. The zero-order valence-electron chi connectivity index (χ0n) is 4.89. The first-order chi connectivity index (χ1) is 3.84. The van der Waals surface area contributed by atoms with Crippen LogP contribution in [0.5, 0.6) is 0 Å². The third-order valence-electron chi connectivity index (χ3n) is 1.23. The SMILES string of the molecule is CCN1CC[Se]C1=O. The van der Waals surface area contributed by atoms with Gasteiger partial charge in [-0.2, -0.15) is 0 Å². The van der Waals surface area contributed by atoms with E-state index in [9.17, 15) is 4.79 Å². The van der Waals surface area contributed by atoms with Gasteiger partial charge in [-0.05, 0) is 0 Å². The molecule has 46 valence electrons. The van der Waals surface area contributed by atoms with E-state index >= 15 is 0 Å². The number of rotatable bonds is 1. The van der Waals surface area contributed by atoms with Crippen molar-refractivity contribution in [1.29, 1.82) is 0 Å². The quantitative estimate of drug-likeness (QED) is 0.537. The van der Waals surface area contributed by atoms with Gasteiger partial charge in [-0.3, -0.25) is 0 Å². The molecule has 1 fully saturated rings. The van der Waals surface area contributed by atoms with Crippen LogP contribution in [0.15, 0.2) is 0 Å². The second-order valence-corrected chi connectivity index (χ2v) is 3.89. The molecular formula is C5H9NOSe. The maximum absolute atomic E-state index is 10.8. The number of nitrogens with zero attached hydrogens (tertiary/aromatic N) is 1. The molecule has 0 aromatic rings. The van der Waals surface area contributed by atoms with Gasteiger partial charge in [0.25, 0.3) is 0 Å². The summed E-state index contributed by atoms with van der Waals surface area (Å²) in [5, 5.41) is 1.12. The fourth-order valence-electron chi connectivity index (χ4n) is 0.713. The third kappa shape index (κ3) is 1.04. The van der Waals surface area contributed by atoms with Crippen LogP contribution in [0.4, 0.5) is 4.79 Å². The van der Waals surface area contributed by atoms with Gasteiger partial charge in [-0.25, -0.2) is 0 Å². The second-order valence-electron chi connectivity index (χ2n) is 1.69. The molecule has 1 aliphatic rings. The number of hydrogen-bond acceptors (Lipinski definition) is 1. The van der Waals surface area contributed by atoms with Crippen molar-refractivity contribution in [3.05, 3.63) is 0 Å². The molecule has 3 heteroatoms. The summed E-state index contributed by atoms with van der Waals surface area (Å²) in [5.41, 5.74) is 0. The van der Waals surface area contributed by atoms with Crippen LogP contribution in [-0.2, 0) is 0 Å². The molecule has 1 saturated heterocycles. The molecule has 0 atom stereocenters. The van der Waals surface area contributed by atoms with E-state index in [0.717, 1.165) is 18.4 Å². The first kappa shape index (κ1) is 6.11. The zero-order chi connectivity index (χ0) is 5.98. The van der Waals surface area contributed by atoms with E-state index in [1.807, 2.05) is 11.8 Å². The molecule has 1 aliphatic heterocycles. The van der Waals surface area contributed by atoms with E-state index < -0.39 is 0 Å². The number of amides is 1. The Morgan fingerprint density at radius 1 is 1.88 bits per heavy atom. The molecular weight excluding hydrogens is 169 g/mol. The number of carbonyl (C=O) groups is 1. The summed E-state index contributed by atoms with van der Waals surface area (Å²) in [5.74, 6) is 0. The van der Waals surface area contributed by atoms with Gasteiger partial charge >= 0.3 is 54.8 Å². The average Bonchev–Trinajstić information content (AvgIpc) is 2.14. The Balaban J connectivity index is 2.42. The standard InChI is InChI=1S/C5H9NOSe/c1-2-6-3-4-8-5(6)7/h2-4H2,1H3. The number of hydrogen-bond donors (Lipinski definition) is 0. The molecule has 0 aliphatic carbocycles. The van der Waals surface area contributed by atoms with Crippen molar-refractivity contribution in [2.24, 2.45) is 0 Å². The first-order valence-electron chi connectivity index (χ1n) is 2.76. The minimum absolute atomic E-state index is 0.288. The van der Waals surface area contributed by atoms with Gasteiger partial charge in [-0.1, -0.05) is 0 Å². The molecule has 8 heavy (non-hydrogen) atoms. The van der Waals surface area contributed by atoms with E-state index in [-0.39, 0.29) is 15.0 Å². The predicted octanol–water partition coefficient (Wildman–Crippen LogP) is 0.564. The molecule has 0 saturated carbocycles. The maximum atomic E-state index is 10.8. The molecule has 1 amide bonds. The summed E-state index contributed by atoms with van der Waals surface area (Å²) in [6, 6.07) is 0. The average molecular weight is 178 g/mol. The Bertz CT molecular complexity index is 105. The molecule has 0 N–H and O–H groups in total. The third-order valence-corrected chi connectivity index (χ3v) is 3.10. The molecule has 0 aromatic heterocycles. The van der Waals surface area contributed by atoms with E-state index in [4.69, 9.17) is 0 Å². The van der Waals surface area contributed by atoms with Crippen LogP contribution in [0.1, 0.15) is 6.92 Å². The van der Waals surface area contributed by atoms with Crippen LogP contribution >= 0.6 is 0 Å². The molecule has 0 bridgehead atoms. The second kappa shape index (κ2) is 2.51. The topological polar surface area (TPSA) is 20.3 Å². The Kier molecular flexibility index (Phi) is 1.92. The van der Waals surface area contributed by atoms with Crippen LogP contribution in [0.3, 0.4) is 0 Å². The molecule has 2 nitrogen and oxygen atoms in total. The summed E-state index contributed by atoms with van der Waals surface area (Å²) in [7, 11) is 0. The van der Waals surface area contributed by atoms with Crippen molar-refractivity contribution in [2.75, 3.05) is 13.1 Å². The molecule has 0 radical (unpaired) electrons. The Morgan fingerprint density at radius 2 is 2.62 bits per heavy atom. The Labute approximate surface area is 55.4 Å². The molecule has 1 rings (SSSR count). The zero-order valence-corrected chi connectivity index (χ0v) is 6.60. The summed E-state index contributed by atoms with van der Waals surface area (Å²) in [6.45, 7) is 3.94. The van der Waals surface area contributed by atoms with Gasteiger partial charge in [0.1, 0.15) is 0 Å². The van der Waals surface area contributed by atoms with Crippen molar-refractivity contribution in [2.45, 2.75) is 12.2 Å². The Hall–Kier alpha value is -0.0105. The summed E-state index contributed by atoms with van der Waals surface area (Å²) >= 11 is 0.288. The summed E-state index contributed by atoms with van der Waals surface area (Å²) in [6.07, 6.45) is 0. The van der Waals surface area contributed by atoms with Crippen molar-refractivity contribution >= 4 is 19.8 Å². The van der Waals surface area contributed by atoms with Gasteiger partial charge in [0, 0.05) is 0 Å². The fourth-order valence-corrected chi connectivity index (χ4v) is 2.58. The van der Waals surface area contributed by atoms with Gasteiger partial charge in [-0.15, -0.1) is 0 Å². The van der Waals surface area contributed by atoms with Gasteiger partial charge in [0.05, 0.1) is 0 Å². The minimum atomic E-state index is 0.288. The van der Waals surface area contributed by atoms with E-state index in [1.165, 1.54) is 0 Å². The summed E-state index contributed by atoms with van der Waals surface area (Å²) in [4.78, 5) is 13.1. The first-order valence-corrected chi connectivity index (χ1v) is 4.83. The van der Waals surface area contributed by atoms with E-state index in [2.05, 4.69) is 0 Å². The molecule has 0 aromatic carbocycles. The molecule has 1 heterocycles. The monoisotopic (exact) mass is 179 g/mol. The van der Waals surface area contributed by atoms with Gasteiger partial charge in [0.15, 0.2) is 0 Å². The Morgan fingerprint density at radius 3 is 2.88 bits per heavy atom. The van der Waals surface area contributed by atoms with Crippen molar-refractivity contribution in [1.82, 2.24) is 4.90 Å². The van der Waals surface area contributed by atoms with Gasteiger partial charge in [0.2, 0.25) is 0 Å². The van der Waals surface area contributed by atoms with Crippen molar-refractivity contribution < 1.29 is 4.79 Å². The van der Waals surface area contributed by atoms with Crippen LogP contribution in [-0.4, -0.2) is 37.8 Å². The molecule has 0 spiro atoms. The fraction of sp³-hybridized carbons (Fsp3) is 0.800. The number of carbonyl (C=O) groups excluding carboxylic acids is 1. The predicted molar refractivity (Wildman–Crippen MR) is 33.2 cm³/mol.